The van der Waals surface area contributed by atoms with Crippen molar-refractivity contribution in [2.45, 2.75) is 31.2 Å². The van der Waals surface area contributed by atoms with Crippen LogP contribution in [0.2, 0.25) is 0 Å². The number of benzene rings is 1. The first-order chi connectivity index (χ1) is 9.95. The van der Waals surface area contributed by atoms with E-state index in [1.165, 1.54) is 6.07 Å². The predicted molar refractivity (Wildman–Crippen MR) is 81.5 cm³/mol. The van der Waals surface area contributed by atoms with E-state index in [2.05, 4.69) is 15.4 Å². The first kappa shape index (κ1) is 15.9. The number of rotatable bonds is 5. The summed E-state index contributed by atoms with van der Waals surface area (Å²) in [7, 11) is -3.61. The molecule has 6 nitrogen and oxygen atoms in total. The molecular weight excluding hydrogens is 290 g/mol. The van der Waals surface area contributed by atoms with Gasteiger partial charge in [-0.2, -0.15) is 0 Å². The van der Waals surface area contributed by atoms with Crippen molar-refractivity contribution in [2.24, 2.45) is 5.92 Å². The third-order valence-corrected chi connectivity index (χ3v) is 5.19. The average Bonchev–Trinajstić information content (AvgIpc) is 2.85. The van der Waals surface area contributed by atoms with Crippen LogP contribution in [0.4, 0.5) is 5.69 Å². The van der Waals surface area contributed by atoms with Gasteiger partial charge in [-0.15, -0.1) is 0 Å². The molecule has 1 fully saturated rings. The van der Waals surface area contributed by atoms with Crippen molar-refractivity contribution in [1.29, 1.82) is 0 Å². The molecule has 2 atom stereocenters. The lowest BCUT2D eigenvalue weighted by Crippen LogP contribution is -2.39. The molecule has 2 unspecified atom stereocenters. The molecule has 0 radical (unpaired) electrons. The van der Waals surface area contributed by atoms with E-state index in [0.29, 0.717) is 12.2 Å². The van der Waals surface area contributed by atoms with Crippen molar-refractivity contribution >= 4 is 21.6 Å². The number of para-hydroxylation sites is 1. The van der Waals surface area contributed by atoms with Gasteiger partial charge >= 0.3 is 0 Å². The van der Waals surface area contributed by atoms with Crippen LogP contribution in [0, 0.1) is 5.92 Å². The lowest BCUT2D eigenvalue weighted by atomic mass is 10.0. The van der Waals surface area contributed by atoms with Gasteiger partial charge in [0.1, 0.15) is 4.90 Å². The molecule has 3 N–H and O–H groups in total. The first-order valence-electron chi connectivity index (χ1n) is 7.08. The van der Waals surface area contributed by atoms with Gasteiger partial charge in [0, 0.05) is 6.54 Å². The Labute approximate surface area is 125 Å². The number of nitrogens with one attached hydrogen (secondary N) is 3. The maximum atomic E-state index is 12.3. The van der Waals surface area contributed by atoms with Crippen molar-refractivity contribution < 1.29 is 13.2 Å². The highest BCUT2D eigenvalue weighted by Crippen LogP contribution is 2.22. The van der Waals surface area contributed by atoms with E-state index in [-0.39, 0.29) is 22.8 Å². The standard InChI is InChI=1S/C14H21N3O3S/c1-3-16-21(19,20)12-7-5-4-6-11(12)17-14(18)13-10(2)8-9-15-13/h4-7,10,13,15-16H,3,8-9H2,1-2H3,(H,17,18). The zero-order valence-corrected chi connectivity index (χ0v) is 13.0. The molecule has 1 aromatic carbocycles. The third-order valence-electron chi connectivity index (χ3n) is 3.58. The molecule has 1 saturated heterocycles. The van der Waals surface area contributed by atoms with Crippen molar-refractivity contribution in [1.82, 2.24) is 10.0 Å². The number of carbonyl (C=O) groups excluding carboxylic acids is 1. The van der Waals surface area contributed by atoms with Gasteiger partial charge < -0.3 is 10.6 Å². The Morgan fingerprint density at radius 2 is 2.10 bits per heavy atom. The second-order valence-electron chi connectivity index (χ2n) is 5.18. The maximum absolute atomic E-state index is 12.3. The second kappa shape index (κ2) is 6.55. The van der Waals surface area contributed by atoms with Crippen LogP contribution < -0.4 is 15.4 Å². The van der Waals surface area contributed by atoms with E-state index in [1.807, 2.05) is 6.92 Å². The van der Waals surface area contributed by atoms with Crippen LogP contribution in [0.1, 0.15) is 20.3 Å². The van der Waals surface area contributed by atoms with Gasteiger partial charge in [0.05, 0.1) is 11.7 Å². The first-order valence-corrected chi connectivity index (χ1v) is 8.57. The van der Waals surface area contributed by atoms with Gasteiger partial charge in [0.2, 0.25) is 15.9 Å². The van der Waals surface area contributed by atoms with Gasteiger partial charge in [0.15, 0.2) is 0 Å². The van der Waals surface area contributed by atoms with E-state index < -0.39 is 10.0 Å². The fraction of sp³-hybridized carbons (Fsp3) is 0.500. The zero-order chi connectivity index (χ0) is 15.5. The minimum Gasteiger partial charge on any atom is -0.323 e. The highest BCUT2D eigenvalue weighted by atomic mass is 32.2. The van der Waals surface area contributed by atoms with E-state index in [0.717, 1.165) is 13.0 Å². The maximum Gasteiger partial charge on any atom is 0.242 e. The van der Waals surface area contributed by atoms with Gasteiger partial charge in [-0.1, -0.05) is 26.0 Å². The van der Waals surface area contributed by atoms with Crippen LogP contribution in [-0.2, 0) is 14.8 Å². The van der Waals surface area contributed by atoms with Gasteiger partial charge in [0.25, 0.3) is 0 Å². The van der Waals surface area contributed by atoms with Gasteiger partial charge in [-0.3, -0.25) is 4.79 Å². The Balaban J connectivity index is 2.23. The van der Waals surface area contributed by atoms with E-state index in [4.69, 9.17) is 0 Å². The van der Waals surface area contributed by atoms with E-state index in [1.54, 1.807) is 25.1 Å². The lowest BCUT2D eigenvalue weighted by molar-refractivity contribution is -0.118. The quantitative estimate of drug-likeness (QED) is 0.754. The molecule has 7 heteroatoms. The van der Waals surface area contributed by atoms with Crippen LogP contribution in [0.25, 0.3) is 0 Å². The number of hydrogen-bond acceptors (Lipinski definition) is 4. The summed E-state index contributed by atoms with van der Waals surface area (Å²) in [6.07, 6.45) is 0.940. The number of carbonyl (C=O) groups is 1. The summed E-state index contributed by atoms with van der Waals surface area (Å²) in [6, 6.07) is 6.14. The SMILES string of the molecule is CCNS(=O)(=O)c1ccccc1NC(=O)C1NCCC1C. The highest BCUT2D eigenvalue weighted by molar-refractivity contribution is 7.89. The molecular formula is C14H21N3O3S. The van der Waals surface area contributed by atoms with Crippen LogP contribution in [0.5, 0.6) is 0 Å². The number of amides is 1. The van der Waals surface area contributed by atoms with Gasteiger partial charge in [-0.05, 0) is 31.0 Å². The molecule has 2 rings (SSSR count). The summed E-state index contributed by atoms with van der Waals surface area (Å²) >= 11 is 0. The molecule has 1 aliphatic rings. The number of anilines is 1. The summed E-state index contributed by atoms with van der Waals surface area (Å²) in [5, 5.41) is 5.86. The lowest BCUT2D eigenvalue weighted by Gasteiger charge is -2.17. The molecule has 1 heterocycles. The Hall–Kier alpha value is -1.44. The van der Waals surface area contributed by atoms with Gasteiger partial charge in [-0.25, -0.2) is 13.1 Å². The van der Waals surface area contributed by atoms with Crippen LogP contribution in [0.3, 0.4) is 0 Å². The smallest absolute Gasteiger partial charge is 0.242 e. The highest BCUT2D eigenvalue weighted by Gasteiger charge is 2.30. The average molecular weight is 311 g/mol. The van der Waals surface area contributed by atoms with Crippen LogP contribution >= 0.6 is 0 Å². The van der Waals surface area contributed by atoms with Crippen molar-refractivity contribution in [3.05, 3.63) is 24.3 Å². The zero-order valence-electron chi connectivity index (χ0n) is 12.2. The van der Waals surface area contributed by atoms with Crippen molar-refractivity contribution in [3.8, 4) is 0 Å². The molecule has 1 amide bonds. The summed E-state index contributed by atoms with van der Waals surface area (Å²) < 4.78 is 26.7. The third kappa shape index (κ3) is 3.61. The minimum absolute atomic E-state index is 0.0888. The second-order valence-corrected chi connectivity index (χ2v) is 6.92. The molecule has 116 valence electrons. The molecule has 0 saturated carbocycles. The summed E-state index contributed by atoms with van der Waals surface area (Å²) in [6.45, 7) is 4.82. The summed E-state index contributed by atoms with van der Waals surface area (Å²) in [5.74, 6) is 0.0432. The normalized spacial score (nSPS) is 22.2. The molecule has 0 aliphatic carbocycles. The minimum atomic E-state index is -3.61. The topological polar surface area (TPSA) is 87.3 Å². The fourth-order valence-corrected chi connectivity index (χ4v) is 3.67. The predicted octanol–water partition coefficient (Wildman–Crippen LogP) is 0.921. The molecule has 21 heavy (non-hydrogen) atoms. The van der Waals surface area contributed by atoms with E-state index in [9.17, 15) is 13.2 Å². The largest absolute Gasteiger partial charge is 0.323 e. The van der Waals surface area contributed by atoms with Crippen molar-refractivity contribution in [2.75, 3.05) is 18.4 Å². The number of hydrogen-bond donors (Lipinski definition) is 3. The summed E-state index contributed by atoms with van der Waals surface area (Å²) in [5.41, 5.74) is 0.310. The molecule has 0 spiro atoms. The monoisotopic (exact) mass is 311 g/mol. The van der Waals surface area contributed by atoms with Crippen LogP contribution in [-0.4, -0.2) is 33.5 Å². The van der Waals surface area contributed by atoms with Crippen LogP contribution in [0.15, 0.2) is 29.2 Å². The Kier molecular flexibility index (Phi) is 4.97. The molecule has 1 aliphatic heterocycles. The van der Waals surface area contributed by atoms with Crippen molar-refractivity contribution in [3.63, 3.8) is 0 Å². The molecule has 0 aromatic heterocycles. The Morgan fingerprint density at radius 3 is 2.71 bits per heavy atom. The Morgan fingerprint density at radius 1 is 1.38 bits per heavy atom. The van der Waals surface area contributed by atoms with E-state index >= 15 is 0 Å². The molecule has 1 aromatic rings. The Bertz CT molecular complexity index is 616. The molecule has 0 bridgehead atoms. The summed E-state index contributed by atoms with van der Waals surface area (Å²) in [4.78, 5) is 12.4. The number of sulfonamides is 1. The fourth-order valence-electron chi connectivity index (χ4n) is 2.47.